The minimum absolute atomic E-state index is 0.235. The number of thioether (sulfide) groups is 1. The Labute approximate surface area is 135 Å². The molecule has 2 N–H and O–H groups in total. The Bertz CT molecular complexity index is 738. The zero-order valence-electron chi connectivity index (χ0n) is 11.8. The van der Waals surface area contributed by atoms with Crippen molar-refractivity contribution in [1.82, 2.24) is 0 Å². The summed E-state index contributed by atoms with van der Waals surface area (Å²) < 4.78 is 18.6. The van der Waals surface area contributed by atoms with Crippen LogP contribution in [0.1, 0.15) is 27.7 Å². The number of thiophene rings is 1. The Hall–Kier alpha value is -2.04. The molecule has 22 heavy (non-hydrogen) atoms. The summed E-state index contributed by atoms with van der Waals surface area (Å²) in [4.78, 5) is 12.7. The molecule has 0 aliphatic heterocycles. The normalized spacial score (nSPS) is 10.2. The summed E-state index contributed by atoms with van der Waals surface area (Å²) in [6.07, 6.45) is 0. The van der Waals surface area contributed by atoms with E-state index in [1.54, 1.807) is 25.1 Å². The van der Waals surface area contributed by atoms with E-state index in [0.29, 0.717) is 15.3 Å². The number of nitrogen functional groups attached to an aromatic ring is 1. The molecule has 0 aliphatic carbocycles. The molecule has 1 heterocycles. The summed E-state index contributed by atoms with van der Waals surface area (Å²) in [6, 6.07) is 8.34. The van der Waals surface area contributed by atoms with Crippen LogP contribution in [-0.2, 0) is 10.5 Å². The minimum Gasteiger partial charge on any atom is -0.462 e. The van der Waals surface area contributed by atoms with Crippen molar-refractivity contribution in [3.8, 4) is 6.07 Å². The van der Waals surface area contributed by atoms with E-state index in [1.165, 1.54) is 17.8 Å². The lowest BCUT2D eigenvalue weighted by atomic mass is 10.2. The number of halogens is 1. The Morgan fingerprint density at radius 1 is 1.50 bits per heavy atom. The molecule has 0 amide bonds. The van der Waals surface area contributed by atoms with Crippen LogP contribution in [0, 0.1) is 17.1 Å². The largest absolute Gasteiger partial charge is 0.462 e. The number of carbonyl (C=O) groups excluding carboxylic acids is 1. The summed E-state index contributed by atoms with van der Waals surface area (Å²) in [7, 11) is 0. The SMILES string of the molecule is CCOC(=O)c1sc(N)c(C#N)c1CSc1ccccc1F. The van der Waals surface area contributed by atoms with Crippen LogP contribution in [0.4, 0.5) is 9.39 Å². The monoisotopic (exact) mass is 336 g/mol. The molecule has 7 heteroatoms. The van der Waals surface area contributed by atoms with Gasteiger partial charge in [-0.15, -0.1) is 23.1 Å². The van der Waals surface area contributed by atoms with E-state index in [4.69, 9.17) is 10.5 Å². The molecule has 0 saturated heterocycles. The predicted octanol–water partition coefficient (Wildman–Crippen LogP) is 3.81. The van der Waals surface area contributed by atoms with Crippen molar-refractivity contribution in [3.63, 3.8) is 0 Å². The summed E-state index contributed by atoms with van der Waals surface area (Å²) >= 11 is 2.24. The minimum atomic E-state index is -0.509. The van der Waals surface area contributed by atoms with E-state index < -0.39 is 5.97 Å². The molecule has 4 nitrogen and oxygen atoms in total. The predicted molar refractivity (Wildman–Crippen MR) is 85.4 cm³/mol. The van der Waals surface area contributed by atoms with Gasteiger partial charge in [0.15, 0.2) is 0 Å². The highest BCUT2D eigenvalue weighted by Gasteiger charge is 2.23. The second kappa shape index (κ2) is 7.29. The first-order valence-electron chi connectivity index (χ1n) is 6.44. The van der Waals surface area contributed by atoms with Crippen LogP contribution in [0.3, 0.4) is 0 Å². The fourth-order valence-corrected chi connectivity index (χ4v) is 3.81. The van der Waals surface area contributed by atoms with Gasteiger partial charge in [0.05, 0.1) is 12.2 Å². The van der Waals surface area contributed by atoms with E-state index in [1.807, 2.05) is 6.07 Å². The van der Waals surface area contributed by atoms with Crippen LogP contribution in [0.25, 0.3) is 0 Å². The van der Waals surface area contributed by atoms with Crippen molar-refractivity contribution < 1.29 is 13.9 Å². The van der Waals surface area contributed by atoms with Gasteiger partial charge in [-0.05, 0) is 19.1 Å². The third-order valence-corrected chi connectivity index (χ3v) is 4.93. The Balaban J connectivity index is 2.31. The fraction of sp³-hybridized carbons (Fsp3) is 0.200. The van der Waals surface area contributed by atoms with Gasteiger partial charge in [0, 0.05) is 16.2 Å². The molecule has 0 radical (unpaired) electrons. The van der Waals surface area contributed by atoms with Gasteiger partial charge in [-0.2, -0.15) is 5.26 Å². The van der Waals surface area contributed by atoms with Crippen molar-refractivity contribution in [1.29, 1.82) is 5.26 Å². The quantitative estimate of drug-likeness (QED) is 0.664. The zero-order chi connectivity index (χ0) is 16.1. The Kier molecular flexibility index (Phi) is 5.41. The molecule has 0 bridgehead atoms. The topological polar surface area (TPSA) is 76.1 Å². The van der Waals surface area contributed by atoms with E-state index in [0.717, 1.165) is 11.3 Å². The van der Waals surface area contributed by atoms with E-state index >= 15 is 0 Å². The van der Waals surface area contributed by atoms with E-state index in [9.17, 15) is 14.4 Å². The molecular formula is C15H13FN2O2S2. The molecule has 2 aromatic rings. The maximum Gasteiger partial charge on any atom is 0.348 e. The lowest BCUT2D eigenvalue weighted by Gasteiger charge is -2.05. The first-order chi connectivity index (χ1) is 10.6. The maximum atomic E-state index is 13.7. The third kappa shape index (κ3) is 3.40. The fourth-order valence-electron chi connectivity index (χ4n) is 1.82. The summed E-state index contributed by atoms with van der Waals surface area (Å²) in [5, 5.41) is 9.49. The number of esters is 1. The molecule has 1 aromatic carbocycles. The molecule has 114 valence electrons. The molecule has 0 spiro atoms. The Morgan fingerprint density at radius 3 is 2.86 bits per heavy atom. The van der Waals surface area contributed by atoms with Gasteiger partial charge >= 0.3 is 5.97 Å². The second-order valence-electron chi connectivity index (χ2n) is 4.20. The molecule has 1 aromatic heterocycles. The average molecular weight is 336 g/mol. The third-order valence-electron chi connectivity index (χ3n) is 2.82. The van der Waals surface area contributed by atoms with Gasteiger partial charge in [0.2, 0.25) is 0 Å². The number of carbonyl (C=O) groups is 1. The molecular weight excluding hydrogens is 323 g/mol. The maximum absolute atomic E-state index is 13.7. The van der Waals surface area contributed by atoms with Crippen LogP contribution < -0.4 is 5.73 Å². The number of nitriles is 1. The highest BCUT2D eigenvalue weighted by atomic mass is 32.2. The number of benzene rings is 1. The number of hydrogen-bond acceptors (Lipinski definition) is 6. The summed E-state index contributed by atoms with van der Waals surface area (Å²) in [5.41, 5.74) is 6.55. The number of nitrogens with zero attached hydrogens (tertiary/aromatic N) is 1. The van der Waals surface area contributed by atoms with Gasteiger partial charge in [0.1, 0.15) is 21.8 Å². The molecule has 2 rings (SSSR count). The Morgan fingerprint density at radius 2 is 2.23 bits per heavy atom. The van der Waals surface area contributed by atoms with Gasteiger partial charge in [-0.25, -0.2) is 9.18 Å². The van der Waals surface area contributed by atoms with Gasteiger partial charge in [0.25, 0.3) is 0 Å². The summed E-state index contributed by atoms with van der Waals surface area (Å²) in [6.45, 7) is 1.94. The van der Waals surface area contributed by atoms with Crippen LogP contribution in [0.15, 0.2) is 29.2 Å². The van der Waals surface area contributed by atoms with Gasteiger partial charge in [-0.3, -0.25) is 0 Å². The number of hydrogen-bond donors (Lipinski definition) is 1. The number of nitrogens with two attached hydrogens (primary N) is 1. The van der Waals surface area contributed by atoms with Crippen LogP contribution >= 0.6 is 23.1 Å². The molecule has 0 unspecified atom stereocenters. The molecule has 0 atom stereocenters. The van der Waals surface area contributed by atoms with Gasteiger partial charge in [-0.1, -0.05) is 12.1 Å². The van der Waals surface area contributed by atoms with Crippen LogP contribution in [0.5, 0.6) is 0 Å². The average Bonchev–Trinajstić information content (AvgIpc) is 2.82. The number of anilines is 1. The van der Waals surface area contributed by atoms with Gasteiger partial charge < -0.3 is 10.5 Å². The smallest absolute Gasteiger partial charge is 0.348 e. The lowest BCUT2D eigenvalue weighted by Crippen LogP contribution is -2.05. The van der Waals surface area contributed by atoms with Crippen molar-refractivity contribution in [2.45, 2.75) is 17.6 Å². The first-order valence-corrected chi connectivity index (χ1v) is 8.24. The highest BCUT2D eigenvalue weighted by Crippen LogP contribution is 2.36. The van der Waals surface area contributed by atoms with Crippen molar-refractivity contribution in [3.05, 3.63) is 46.1 Å². The lowest BCUT2D eigenvalue weighted by molar-refractivity contribution is 0.0531. The van der Waals surface area contributed by atoms with Crippen LogP contribution in [0.2, 0.25) is 0 Å². The van der Waals surface area contributed by atoms with Crippen LogP contribution in [-0.4, -0.2) is 12.6 Å². The molecule has 0 fully saturated rings. The van der Waals surface area contributed by atoms with E-state index in [-0.39, 0.29) is 28.7 Å². The first kappa shape index (κ1) is 16.3. The van der Waals surface area contributed by atoms with Crippen molar-refractivity contribution in [2.75, 3.05) is 12.3 Å². The number of rotatable bonds is 5. The highest BCUT2D eigenvalue weighted by molar-refractivity contribution is 7.98. The number of ether oxygens (including phenoxy) is 1. The molecule has 0 aliphatic rings. The van der Waals surface area contributed by atoms with E-state index in [2.05, 4.69) is 0 Å². The summed E-state index contributed by atoms with van der Waals surface area (Å²) in [5.74, 6) is -0.581. The van der Waals surface area contributed by atoms with Crippen molar-refractivity contribution >= 4 is 34.1 Å². The molecule has 0 saturated carbocycles. The van der Waals surface area contributed by atoms with Crippen molar-refractivity contribution in [2.24, 2.45) is 0 Å². The second-order valence-corrected chi connectivity index (χ2v) is 6.27. The zero-order valence-corrected chi connectivity index (χ0v) is 13.4. The standard InChI is InChI=1S/C15H13FN2O2S2/c1-2-20-15(19)13-10(9(7-17)14(18)22-13)8-21-12-6-4-3-5-11(12)16/h3-6H,2,8,18H2,1H3.